The minimum Gasteiger partial charge on any atom is -0.480 e. The van der Waals surface area contributed by atoms with Crippen molar-refractivity contribution < 1.29 is 18.7 Å². The Bertz CT molecular complexity index is 395. The molecule has 2 unspecified atom stereocenters. The third kappa shape index (κ3) is 2.43. The van der Waals surface area contributed by atoms with Gasteiger partial charge in [-0.15, -0.1) is 5.10 Å². The summed E-state index contributed by atoms with van der Waals surface area (Å²) in [7, 11) is 0. The van der Waals surface area contributed by atoms with Gasteiger partial charge in [0.1, 0.15) is 10.8 Å². The summed E-state index contributed by atoms with van der Waals surface area (Å²) in [6.45, 7) is 1.20. The zero-order valence-corrected chi connectivity index (χ0v) is 9.29. The first-order valence-corrected chi connectivity index (χ1v) is 5.42. The number of rotatable bonds is 5. The third-order valence-electron chi connectivity index (χ3n) is 2.27. The molecule has 0 saturated carbocycles. The molecule has 0 saturated heterocycles. The Morgan fingerprint density at radius 2 is 2.38 bits per heavy atom. The average Bonchev–Trinajstić information content (AvgIpc) is 2.68. The van der Waals surface area contributed by atoms with Crippen LogP contribution < -0.4 is 5.73 Å². The van der Waals surface area contributed by atoms with E-state index in [-0.39, 0.29) is 6.54 Å². The van der Waals surface area contributed by atoms with Crippen molar-refractivity contribution >= 4 is 17.0 Å². The Kier molecular flexibility index (Phi) is 3.73. The molecule has 0 aliphatic rings. The normalized spacial score (nSPS) is 18.7. The van der Waals surface area contributed by atoms with Crippen molar-refractivity contribution in [3.8, 4) is 0 Å². The van der Waals surface area contributed by atoms with Crippen LogP contribution in [-0.4, -0.2) is 45.6 Å². The molecule has 0 fully saturated rings. The van der Waals surface area contributed by atoms with Gasteiger partial charge in [0.15, 0.2) is 11.1 Å². The lowest BCUT2D eigenvalue weighted by Gasteiger charge is -2.28. The number of carboxylic acid groups (broad SMARTS) is 1. The number of nitrogens with zero attached hydrogens (tertiary/aromatic N) is 3. The number of aliphatic carboxylic acids is 1. The maximum atomic E-state index is 11.2. The predicted molar refractivity (Wildman–Crippen MR) is 54.8 cm³/mol. The van der Waals surface area contributed by atoms with Gasteiger partial charge in [0.25, 0.3) is 0 Å². The second-order valence-corrected chi connectivity index (χ2v) is 4.91. The number of hydrogen-bond donors (Lipinski definition) is 3. The molecule has 0 radical (unpaired) electrons. The number of hydrogen-bond acceptors (Lipinski definition) is 5. The highest BCUT2D eigenvalue weighted by molar-refractivity contribution is 7.80. The van der Waals surface area contributed by atoms with E-state index in [1.165, 1.54) is 24.0 Å². The van der Waals surface area contributed by atoms with Gasteiger partial charge in [-0.05, 0) is 6.92 Å². The van der Waals surface area contributed by atoms with E-state index in [0.717, 1.165) is 0 Å². The predicted octanol–water partition coefficient (Wildman–Crippen LogP) is -1.33. The zero-order valence-electron chi connectivity index (χ0n) is 8.48. The highest BCUT2D eigenvalue weighted by Gasteiger charge is 2.43. The molecular weight excluding hydrogens is 236 g/mol. The van der Waals surface area contributed by atoms with Crippen molar-refractivity contribution in [2.45, 2.75) is 24.3 Å². The van der Waals surface area contributed by atoms with Crippen LogP contribution in [0.3, 0.4) is 0 Å². The van der Waals surface area contributed by atoms with Crippen molar-refractivity contribution in [3.63, 3.8) is 0 Å². The number of carboxylic acids is 1. The van der Waals surface area contributed by atoms with E-state index in [2.05, 4.69) is 10.3 Å². The molecule has 3 atom stereocenters. The van der Waals surface area contributed by atoms with Gasteiger partial charge in [-0.25, -0.2) is 4.21 Å². The fourth-order valence-corrected chi connectivity index (χ4v) is 1.72. The van der Waals surface area contributed by atoms with Crippen LogP contribution in [0, 0.1) is 0 Å². The number of aromatic nitrogens is 3. The smallest absolute Gasteiger partial charge is 0.322 e. The monoisotopic (exact) mass is 248 g/mol. The van der Waals surface area contributed by atoms with Crippen LogP contribution in [0.25, 0.3) is 0 Å². The Balaban J connectivity index is 2.97. The summed E-state index contributed by atoms with van der Waals surface area (Å²) < 4.78 is 20.1. The standard InChI is InChI=1S/C7H12N4O4S/c1-7(16(14)15,5(8)6(12)13)4-11-3-2-9-10-11/h2-3,5H,4,8H2,1H3,(H,12,13)(H,14,15)/t5?,7-/m0/s1. The summed E-state index contributed by atoms with van der Waals surface area (Å²) in [4.78, 5) is 10.8. The molecule has 8 nitrogen and oxygen atoms in total. The van der Waals surface area contributed by atoms with Crippen LogP contribution in [0.15, 0.2) is 12.4 Å². The lowest BCUT2D eigenvalue weighted by molar-refractivity contribution is -0.139. The number of nitrogens with two attached hydrogens (primary N) is 1. The van der Waals surface area contributed by atoms with Crippen molar-refractivity contribution in [3.05, 3.63) is 12.4 Å². The van der Waals surface area contributed by atoms with Crippen LogP contribution in [0.2, 0.25) is 0 Å². The van der Waals surface area contributed by atoms with Crippen LogP contribution in [0.1, 0.15) is 6.92 Å². The van der Waals surface area contributed by atoms with Crippen LogP contribution >= 0.6 is 0 Å². The van der Waals surface area contributed by atoms with Crippen molar-refractivity contribution in [1.29, 1.82) is 0 Å². The SMILES string of the molecule is C[C@](Cn1ccnn1)(C(N)C(=O)O)S(=O)O. The van der Waals surface area contributed by atoms with Crippen LogP contribution in [0.5, 0.6) is 0 Å². The highest BCUT2D eigenvalue weighted by Crippen LogP contribution is 2.19. The van der Waals surface area contributed by atoms with E-state index in [0.29, 0.717) is 0 Å². The molecule has 0 spiro atoms. The van der Waals surface area contributed by atoms with Gasteiger partial charge in [0, 0.05) is 6.20 Å². The first kappa shape index (κ1) is 12.7. The lowest BCUT2D eigenvalue weighted by Crippen LogP contribution is -2.55. The molecule has 0 aliphatic carbocycles. The van der Waals surface area contributed by atoms with E-state index >= 15 is 0 Å². The van der Waals surface area contributed by atoms with E-state index in [1.807, 2.05) is 0 Å². The zero-order chi connectivity index (χ0) is 12.3. The number of carbonyl (C=O) groups is 1. The second kappa shape index (κ2) is 4.68. The van der Waals surface area contributed by atoms with E-state index < -0.39 is 27.8 Å². The lowest BCUT2D eigenvalue weighted by atomic mass is 10.0. The third-order valence-corrected chi connectivity index (χ3v) is 3.45. The van der Waals surface area contributed by atoms with Gasteiger partial charge in [0.05, 0.1) is 12.7 Å². The fraction of sp³-hybridized carbons (Fsp3) is 0.571. The second-order valence-electron chi connectivity index (χ2n) is 3.48. The molecule has 1 heterocycles. The molecule has 4 N–H and O–H groups in total. The molecule has 9 heteroatoms. The quantitative estimate of drug-likeness (QED) is 0.550. The summed E-state index contributed by atoms with van der Waals surface area (Å²) in [5, 5.41) is 15.9. The van der Waals surface area contributed by atoms with Crippen molar-refractivity contribution in [2.24, 2.45) is 5.73 Å². The van der Waals surface area contributed by atoms with E-state index in [4.69, 9.17) is 15.4 Å². The van der Waals surface area contributed by atoms with Gasteiger partial charge in [-0.2, -0.15) is 0 Å². The van der Waals surface area contributed by atoms with Gasteiger partial charge in [-0.1, -0.05) is 5.21 Å². The topological polar surface area (TPSA) is 131 Å². The van der Waals surface area contributed by atoms with E-state index in [1.54, 1.807) is 0 Å². The molecule has 16 heavy (non-hydrogen) atoms. The molecule has 1 aromatic rings. The summed E-state index contributed by atoms with van der Waals surface area (Å²) >= 11 is -2.40. The first-order chi connectivity index (χ1) is 7.38. The summed E-state index contributed by atoms with van der Waals surface area (Å²) in [5.41, 5.74) is 5.40. The van der Waals surface area contributed by atoms with Gasteiger partial charge in [-0.3, -0.25) is 9.48 Å². The van der Waals surface area contributed by atoms with Crippen molar-refractivity contribution in [2.75, 3.05) is 0 Å². The Morgan fingerprint density at radius 1 is 1.75 bits per heavy atom. The molecule has 90 valence electrons. The average molecular weight is 248 g/mol. The van der Waals surface area contributed by atoms with Gasteiger partial charge in [0.2, 0.25) is 0 Å². The molecule has 0 bridgehead atoms. The molecule has 0 amide bonds. The molecule has 0 aromatic carbocycles. The van der Waals surface area contributed by atoms with Crippen molar-refractivity contribution in [1.82, 2.24) is 15.0 Å². The highest BCUT2D eigenvalue weighted by atomic mass is 32.2. The largest absolute Gasteiger partial charge is 0.480 e. The first-order valence-electron chi connectivity index (χ1n) is 4.31. The van der Waals surface area contributed by atoms with Crippen LogP contribution in [-0.2, 0) is 22.4 Å². The molecule has 1 aromatic heterocycles. The summed E-state index contributed by atoms with van der Waals surface area (Å²) in [6.07, 6.45) is 2.84. The van der Waals surface area contributed by atoms with Gasteiger partial charge >= 0.3 is 5.97 Å². The summed E-state index contributed by atoms with van der Waals surface area (Å²) in [5.74, 6) is -1.34. The maximum Gasteiger partial charge on any atom is 0.322 e. The molecular formula is C7H12N4O4S. The fourth-order valence-electron chi connectivity index (χ4n) is 1.16. The minimum absolute atomic E-state index is 0.108. The molecule has 0 aliphatic heterocycles. The Labute approximate surface area is 93.7 Å². The maximum absolute atomic E-state index is 11.2. The van der Waals surface area contributed by atoms with Gasteiger partial charge < -0.3 is 15.4 Å². The minimum atomic E-state index is -2.40. The summed E-state index contributed by atoms with van der Waals surface area (Å²) in [6, 6.07) is -1.47. The Hall–Kier alpha value is -1.32. The van der Waals surface area contributed by atoms with E-state index in [9.17, 15) is 9.00 Å². The molecule has 1 rings (SSSR count). The Morgan fingerprint density at radius 3 is 2.75 bits per heavy atom. The van der Waals surface area contributed by atoms with Crippen LogP contribution in [0.4, 0.5) is 0 Å².